The van der Waals surface area contributed by atoms with Gasteiger partial charge in [-0.1, -0.05) is 18.5 Å². The molecule has 1 fully saturated rings. The predicted octanol–water partition coefficient (Wildman–Crippen LogP) is 0.327. The largest absolute Gasteiger partial charge is 0.409 e. The van der Waals surface area contributed by atoms with Crippen molar-refractivity contribution in [2.45, 2.75) is 38.6 Å². The van der Waals surface area contributed by atoms with Gasteiger partial charge in [0, 0.05) is 6.54 Å². The molecule has 0 bridgehead atoms. The molecule has 6 nitrogen and oxygen atoms in total. The first-order valence-electron chi connectivity index (χ1n) is 5.50. The highest BCUT2D eigenvalue weighted by Gasteiger charge is 2.36. The van der Waals surface area contributed by atoms with Crippen molar-refractivity contribution in [3.05, 3.63) is 0 Å². The maximum atomic E-state index is 12.0. The average molecular weight is 249 g/mol. The van der Waals surface area contributed by atoms with Crippen LogP contribution in [0.15, 0.2) is 5.16 Å². The van der Waals surface area contributed by atoms with Crippen molar-refractivity contribution in [3.63, 3.8) is 0 Å². The number of hydrogen-bond acceptors (Lipinski definition) is 4. The normalized spacial score (nSPS) is 23.8. The van der Waals surface area contributed by atoms with Crippen LogP contribution in [0.25, 0.3) is 0 Å². The maximum absolute atomic E-state index is 12.0. The van der Waals surface area contributed by atoms with Gasteiger partial charge in [-0.25, -0.2) is 8.42 Å². The van der Waals surface area contributed by atoms with Crippen molar-refractivity contribution in [1.29, 1.82) is 0 Å². The molecule has 1 atom stereocenters. The molecule has 1 saturated heterocycles. The first kappa shape index (κ1) is 13.2. The zero-order valence-corrected chi connectivity index (χ0v) is 10.3. The van der Waals surface area contributed by atoms with E-state index in [-0.39, 0.29) is 11.6 Å². The van der Waals surface area contributed by atoms with Crippen molar-refractivity contribution in [3.8, 4) is 0 Å². The molecule has 1 aliphatic heterocycles. The van der Waals surface area contributed by atoms with E-state index in [9.17, 15) is 8.42 Å². The van der Waals surface area contributed by atoms with Gasteiger partial charge in [0.15, 0.2) is 5.84 Å². The monoisotopic (exact) mass is 249 g/mol. The number of rotatable bonds is 5. The van der Waals surface area contributed by atoms with Gasteiger partial charge in [-0.15, -0.1) is 0 Å². The molecule has 7 heteroatoms. The van der Waals surface area contributed by atoms with Crippen molar-refractivity contribution in [2.75, 3.05) is 12.3 Å². The van der Waals surface area contributed by atoms with Crippen LogP contribution in [0.4, 0.5) is 0 Å². The van der Waals surface area contributed by atoms with E-state index in [1.54, 1.807) is 0 Å². The van der Waals surface area contributed by atoms with E-state index >= 15 is 0 Å². The molecular formula is C9H19N3O3S. The van der Waals surface area contributed by atoms with Crippen molar-refractivity contribution in [1.82, 2.24) is 4.31 Å². The molecule has 0 radical (unpaired) electrons. The summed E-state index contributed by atoms with van der Waals surface area (Å²) < 4.78 is 25.3. The molecule has 0 aromatic carbocycles. The van der Waals surface area contributed by atoms with Crippen LogP contribution in [0.1, 0.15) is 32.6 Å². The van der Waals surface area contributed by atoms with Gasteiger partial charge in [-0.3, -0.25) is 0 Å². The molecule has 0 spiro atoms. The quantitative estimate of drug-likeness (QED) is 0.317. The fourth-order valence-corrected chi connectivity index (χ4v) is 3.78. The first-order chi connectivity index (χ1) is 7.53. The molecule has 1 rings (SSSR count). The van der Waals surface area contributed by atoms with E-state index in [0.717, 1.165) is 12.8 Å². The van der Waals surface area contributed by atoms with Gasteiger partial charge in [0.25, 0.3) is 0 Å². The smallest absolute Gasteiger partial charge is 0.214 e. The highest BCUT2D eigenvalue weighted by molar-refractivity contribution is 7.89. The standard InChI is InChI=1S/C9H19N3O3S/c1-2-3-7-16(14,15)12-6-4-5-8(12)9(10)11-13/h8,13H,2-7H2,1H3,(H2,10,11). The van der Waals surface area contributed by atoms with Crippen LogP contribution in [0.2, 0.25) is 0 Å². The summed E-state index contributed by atoms with van der Waals surface area (Å²) in [4.78, 5) is 0. The second kappa shape index (κ2) is 5.49. The number of sulfonamides is 1. The lowest BCUT2D eigenvalue weighted by Crippen LogP contribution is -2.44. The van der Waals surface area contributed by atoms with Crippen LogP contribution >= 0.6 is 0 Å². The first-order valence-corrected chi connectivity index (χ1v) is 7.10. The topological polar surface area (TPSA) is 96.0 Å². The van der Waals surface area contributed by atoms with Crippen LogP contribution in [-0.2, 0) is 10.0 Å². The molecule has 1 unspecified atom stereocenters. The van der Waals surface area contributed by atoms with Crippen LogP contribution < -0.4 is 5.73 Å². The lowest BCUT2D eigenvalue weighted by Gasteiger charge is -2.22. The van der Waals surface area contributed by atoms with Crippen LogP contribution in [0.3, 0.4) is 0 Å². The summed E-state index contributed by atoms with van der Waals surface area (Å²) >= 11 is 0. The number of amidine groups is 1. The van der Waals surface area contributed by atoms with E-state index in [1.807, 2.05) is 6.92 Å². The van der Waals surface area contributed by atoms with Crippen LogP contribution in [-0.4, -0.2) is 42.1 Å². The third kappa shape index (κ3) is 2.85. The molecule has 0 aliphatic carbocycles. The van der Waals surface area contributed by atoms with Gasteiger partial charge in [0.2, 0.25) is 10.0 Å². The zero-order valence-electron chi connectivity index (χ0n) is 9.46. The fraction of sp³-hybridized carbons (Fsp3) is 0.889. The molecule has 3 N–H and O–H groups in total. The van der Waals surface area contributed by atoms with Crippen LogP contribution in [0.5, 0.6) is 0 Å². The lowest BCUT2D eigenvalue weighted by molar-refractivity contribution is 0.311. The van der Waals surface area contributed by atoms with Gasteiger partial charge in [0.05, 0.1) is 11.8 Å². The Hall–Kier alpha value is -0.820. The van der Waals surface area contributed by atoms with Gasteiger partial charge < -0.3 is 10.9 Å². The van der Waals surface area contributed by atoms with Crippen molar-refractivity contribution >= 4 is 15.9 Å². The summed E-state index contributed by atoms with van der Waals surface area (Å²) in [7, 11) is -3.27. The van der Waals surface area contributed by atoms with Crippen LogP contribution in [0, 0.1) is 0 Å². The molecule has 0 aromatic rings. The predicted molar refractivity (Wildman–Crippen MR) is 61.8 cm³/mol. The van der Waals surface area contributed by atoms with Gasteiger partial charge in [-0.2, -0.15) is 4.31 Å². The minimum atomic E-state index is -3.27. The fourth-order valence-electron chi connectivity index (χ4n) is 1.88. The number of oxime groups is 1. The number of unbranched alkanes of at least 4 members (excludes halogenated alkanes) is 1. The highest BCUT2D eigenvalue weighted by Crippen LogP contribution is 2.22. The summed E-state index contributed by atoms with van der Waals surface area (Å²) in [6.45, 7) is 2.41. The Morgan fingerprint density at radius 1 is 1.62 bits per heavy atom. The summed E-state index contributed by atoms with van der Waals surface area (Å²) in [5.74, 6) is 0.121. The number of nitrogens with two attached hydrogens (primary N) is 1. The Labute approximate surface area is 96.2 Å². The number of nitrogens with zero attached hydrogens (tertiary/aromatic N) is 2. The summed E-state index contributed by atoms with van der Waals surface area (Å²) in [6.07, 6.45) is 2.86. The molecule has 0 aromatic heterocycles. The Morgan fingerprint density at radius 2 is 2.31 bits per heavy atom. The third-order valence-corrected chi connectivity index (χ3v) is 4.73. The number of hydrogen-bond donors (Lipinski definition) is 2. The van der Waals surface area contributed by atoms with Crippen molar-refractivity contribution < 1.29 is 13.6 Å². The Kier molecular flexibility index (Phi) is 4.55. The van der Waals surface area contributed by atoms with E-state index < -0.39 is 16.1 Å². The highest BCUT2D eigenvalue weighted by atomic mass is 32.2. The van der Waals surface area contributed by atoms with Crippen molar-refractivity contribution in [2.24, 2.45) is 10.9 Å². The molecule has 94 valence electrons. The van der Waals surface area contributed by atoms with E-state index in [2.05, 4.69) is 5.16 Å². The minimum absolute atomic E-state index is 0.0161. The molecule has 1 aliphatic rings. The molecule has 0 saturated carbocycles. The van der Waals surface area contributed by atoms with E-state index in [0.29, 0.717) is 19.4 Å². The molecular weight excluding hydrogens is 230 g/mol. The zero-order chi connectivity index (χ0) is 12.2. The summed E-state index contributed by atoms with van der Waals surface area (Å²) in [5, 5.41) is 11.5. The molecule has 0 amide bonds. The Balaban J connectivity index is 2.78. The molecule has 1 heterocycles. The second-order valence-corrected chi connectivity index (χ2v) is 6.00. The minimum Gasteiger partial charge on any atom is -0.409 e. The second-order valence-electron chi connectivity index (χ2n) is 3.96. The van der Waals surface area contributed by atoms with Gasteiger partial charge in [0.1, 0.15) is 0 Å². The lowest BCUT2D eigenvalue weighted by atomic mass is 10.2. The third-order valence-electron chi connectivity index (χ3n) is 2.77. The Bertz CT molecular complexity index is 353. The average Bonchev–Trinajstić information content (AvgIpc) is 2.75. The SMILES string of the molecule is CCCCS(=O)(=O)N1CCCC1C(N)=NO. The van der Waals surface area contributed by atoms with Gasteiger partial charge in [-0.05, 0) is 19.3 Å². The molecule has 16 heavy (non-hydrogen) atoms. The van der Waals surface area contributed by atoms with E-state index in [4.69, 9.17) is 10.9 Å². The Morgan fingerprint density at radius 3 is 2.88 bits per heavy atom. The maximum Gasteiger partial charge on any atom is 0.214 e. The van der Waals surface area contributed by atoms with E-state index in [1.165, 1.54) is 4.31 Å². The van der Waals surface area contributed by atoms with Gasteiger partial charge >= 0.3 is 0 Å². The summed E-state index contributed by atoms with van der Waals surface area (Å²) in [6, 6.07) is -0.466. The summed E-state index contributed by atoms with van der Waals surface area (Å²) in [5.41, 5.74) is 5.49.